The summed E-state index contributed by atoms with van der Waals surface area (Å²) in [5.74, 6) is 0.127. The van der Waals surface area contributed by atoms with Crippen molar-refractivity contribution >= 4 is 39.1 Å². The van der Waals surface area contributed by atoms with Crippen LogP contribution in [0.5, 0.6) is 5.75 Å². The Labute approximate surface area is 215 Å². The van der Waals surface area contributed by atoms with Crippen LogP contribution < -0.4 is 10.2 Å². The van der Waals surface area contributed by atoms with Gasteiger partial charge in [0.2, 0.25) is 10.0 Å². The van der Waals surface area contributed by atoms with E-state index in [2.05, 4.69) is 0 Å². The number of nitrogens with one attached hydrogen (secondary N) is 1. The van der Waals surface area contributed by atoms with Gasteiger partial charge in [0.25, 0.3) is 5.91 Å². The largest absolute Gasteiger partial charge is 0.494 e. The summed E-state index contributed by atoms with van der Waals surface area (Å²) in [6.45, 7) is 0.298. The molecule has 0 aliphatic carbocycles. The third-order valence-corrected chi connectivity index (χ3v) is 7.65. The molecule has 186 valence electrons. The van der Waals surface area contributed by atoms with Crippen molar-refractivity contribution in [2.45, 2.75) is 30.3 Å². The van der Waals surface area contributed by atoms with E-state index in [4.69, 9.17) is 27.9 Å². The number of carbonyl (C=O) groups excluding carboxylic acids is 1. The highest BCUT2D eigenvalue weighted by Gasteiger charge is 2.36. The average Bonchev–Trinajstić information content (AvgIpc) is 2.88. The fraction of sp³-hybridized carbons (Fsp3) is 0.240. The fourth-order valence-electron chi connectivity index (χ4n) is 3.46. The molecule has 1 atom stereocenters. The first kappa shape index (κ1) is 27.0. The van der Waals surface area contributed by atoms with Crippen LogP contribution in [0.3, 0.4) is 0 Å². The summed E-state index contributed by atoms with van der Waals surface area (Å²) in [6.07, 6.45) is 0.716. The minimum absolute atomic E-state index is 0.0139. The second-order valence-electron chi connectivity index (χ2n) is 7.72. The van der Waals surface area contributed by atoms with Gasteiger partial charge >= 0.3 is 0 Å². The molecule has 35 heavy (non-hydrogen) atoms. The zero-order valence-electron chi connectivity index (χ0n) is 18.8. The van der Waals surface area contributed by atoms with Crippen molar-refractivity contribution in [3.05, 3.63) is 95.0 Å². The van der Waals surface area contributed by atoms with Crippen molar-refractivity contribution in [3.63, 3.8) is 0 Å². The van der Waals surface area contributed by atoms with Crippen LogP contribution in [0.1, 0.15) is 17.5 Å². The lowest BCUT2D eigenvalue weighted by atomic mass is 10.0. The van der Waals surface area contributed by atoms with Crippen molar-refractivity contribution in [1.82, 2.24) is 9.79 Å². The van der Waals surface area contributed by atoms with Gasteiger partial charge in [0.15, 0.2) is 0 Å². The average molecular weight is 537 g/mol. The normalized spacial score (nSPS) is 12.3. The van der Waals surface area contributed by atoms with E-state index in [1.54, 1.807) is 66.1 Å². The van der Waals surface area contributed by atoms with Gasteiger partial charge in [-0.25, -0.2) is 13.9 Å². The smallest absolute Gasteiger partial charge is 0.262 e. The molecule has 3 aromatic rings. The Balaban J connectivity index is 1.99. The van der Waals surface area contributed by atoms with Crippen molar-refractivity contribution < 1.29 is 23.2 Å². The minimum Gasteiger partial charge on any atom is -0.494 e. The first-order valence-electron chi connectivity index (χ1n) is 10.9. The second kappa shape index (κ2) is 12.9. The van der Waals surface area contributed by atoms with E-state index in [1.807, 2.05) is 6.07 Å². The van der Waals surface area contributed by atoms with E-state index in [9.17, 15) is 18.4 Å². The number of halogens is 2. The van der Waals surface area contributed by atoms with Crippen molar-refractivity contribution in [2.75, 3.05) is 12.5 Å². The molecule has 0 fully saturated rings. The van der Waals surface area contributed by atoms with Gasteiger partial charge in [0, 0.05) is 17.4 Å². The predicted octanol–water partition coefficient (Wildman–Crippen LogP) is 4.66. The summed E-state index contributed by atoms with van der Waals surface area (Å²) in [4.78, 5) is 12.7. The van der Waals surface area contributed by atoms with Crippen LogP contribution in [-0.4, -0.2) is 42.4 Å². The molecule has 3 aromatic carbocycles. The number of benzene rings is 3. The first-order valence-corrected chi connectivity index (χ1v) is 13.2. The number of carbonyl (C=O) groups is 1. The SMILES string of the molecule is O=C(NO)C(Cc1ccccc1)N(Cc1ccc(Cl)cc1)S(=O)(=O)c1ccc(OCCCCl)cc1. The quantitative estimate of drug-likeness (QED) is 0.152. The van der Waals surface area contributed by atoms with Crippen LogP contribution in [0.2, 0.25) is 5.02 Å². The van der Waals surface area contributed by atoms with Gasteiger partial charge in [-0.05, 0) is 60.4 Å². The molecule has 1 unspecified atom stereocenters. The molecule has 0 aliphatic rings. The highest BCUT2D eigenvalue weighted by atomic mass is 35.5. The number of sulfonamides is 1. The van der Waals surface area contributed by atoms with E-state index in [1.165, 1.54) is 12.1 Å². The van der Waals surface area contributed by atoms with Gasteiger partial charge in [-0.15, -0.1) is 11.6 Å². The summed E-state index contributed by atoms with van der Waals surface area (Å²) in [5.41, 5.74) is 2.99. The number of rotatable bonds is 12. The number of hydroxylamine groups is 1. The zero-order chi connectivity index (χ0) is 25.3. The first-order chi connectivity index (χ1) is 16.8. The van der Waals surface area contributed by atoms with Gasteiger partial charge < -0.3 is 4.74 Å². The number of alkyl halides is 1. The lowest BCUT2D eigenvalue weighted by molar-refractivity contribution is -0.133. The Morgan fingerprint density at radius 2 is 1.63 bits per heavy atom. The molecular formula is C25H26Cl2N2O5S. The summed E-state index contributed by atoms with van der Waals surface area (Å²) < 4.78 is 34.3. The standard InChI is InChI=1S/C25H26Cl2N2O5S/c26-15-4-16-34-22-11-13-23(14-12-22)35(32,33)29(18-20-7-9-21(27)10-8-20)24(25(30)28-31)17-19-5-2-1-3-6-19/h1-3,5-14,24,31H,4,15-18H2,(H,28,30). The predicted molar refractivity (Wildman–Crippen MR) is 135 cm³/mol. The second-order valence-corrected chi connectivity index (χ2v) is 10.4. The number of hydrogen-bond acceptors (Lipinski definition) is 5. The van der Waals surface area contributed by atoms with Crippen molar-refractivity contribution in [2.24, 2.45) is 0 Å². The van der Waals surface area contributed by atoms with Gasteiger partial charge in [-0.3, -0.25) is 10.0 Å². The summed E-state index contributed by atoms with van der Waals surface area (Å²) in [5, 5.41) is 9.95. The topological polar surface area (TPSA) is 95.9 Å². The molecule has 0 saturated heterocycles. The molecule has 0 heterocycles. The molecule has 0 radical (unpaired) electrons. The molecular weight excluding hydrogens is 511 g/mol. The third kappa shape index (κ3) is 7.43. The highest BCUT2D eigenvalue weighted by Crippen LogP contribution is 2.26. The van der Waals surface area contributed by atoms with Crippen LogP contribution in [0.25, 0.3) is 0 Å². The molecule has 7 nitrogen and oxygen atoms in total. The molecule has 0 aliphatic heterocycles. The monoisotopic (exact) mass is 536 g/mol. The summed E-state index contributed by atoms with van der Waals surface area (Å²) in [6, 6.07) is 20.4. The van der Waals surface area contributed by atoms with Gasteiger partial charge in [0.05, 0.1) is 11.5 Å². The summed E-state index contributed by atoms with van der Waals surface area (Å²) in [7, 11) is -4.17. The maximum Gasteiger partial charge on any atom is 0.262 e. The molecule has 0 aromatic heterocycles. The number of ether oxygens (including phenoxy) is 1. The van der Waals surface area contributed by atoms with Crippen molar-refractivity contribution in [1.29, 1.82) is 0 Å². The lowest BCUT2D eigenvalue weighted by Crippen LogP contribution is -2.49. The van der Waals surface area contributed by atoms with Crippen LogP contribution in [0.15, 0.2) is 83.8 Å². The third-order valence-electron chi connectivity index (χ3n) is 5.26. The molecule has 0 spiro atoms. The van der Waals surface area contributed by atoms with Crippen LogP contribution in [0, 0.1) is 0 Å². The molecule has 1 amide bonds. The van der Waals surface area contributed by atoms with E-state index < -0.39 is 22.0 Å². The molecule has 0 bridgehead atoms. The Hall–Kier alpha value is -2.62. The fourth-order valence-corrected chi connectivity index (χ4v) is 5.27. The molecule has 10 heteroatoms. The van der Waals surface area contributed by atoms with E-state index in [0.717, 1.165) is 9.87 Å². The number of nitrogens with zero attached hydrogens (tertiary/aromatic N) is 1. The Morgan fingerprint density at radius 1 is 0.971 bits per heavy atom. The Kier molecular flexibility index (Phi) is 9.94. The van der Waals surface area contributed by atoms with Gasteiger partial charge in [-0.2, -0.15) is 4.31 Å². The number of hydrogen-bond donors (Lipinski definition) is 2. The van der Waals surface area contributed by atoms with E-state index in [0.29, 0.717) is 35.2 Å². The summed E-state index contributed by atoms with van der Waals surface area (Å²) >= 11 is 11.7. The molecule has 2 N–H and O–H groups in total. The lowest BCUT2D eigenvalue weighted by Gasteiger charge is -2.30. The molecule has 0 saturated carbocycles. The van der Waals surface area contributed by atoms with Gasteiger partial charge in [-0.1, -0.05) is 54.1 Å². The Bertz CT molecular complexity index is 1190. The van der Waals surface area contributed by atoms with E-state index in [-0.39, 0.29) is 17.9 Å². The van der Waals surface area contributed by atoms with E-state index >= 15 is 0 Å². The maximum absolute atomic E-state index is 13.8. The Morgan fingerprint density at radius 3 is 2.23 bits per heavy atom. The number of amides is 1. The maximum atomic E-state index is 13.8. The molecule has 3 rings (SSSR count). The van der Waals surface area contributed by atoms with Crippen LogP contribution >= 0.6 is 23.2 Å². The highest BCUT2D eigenvalue weighted by molar-refractivity contribution is 7.89. The van der Waals surface area contributed by atoms with Crippen LogP contribution in [-0.2, 0) is 27.8 Å². The van der Waals surface area contributed by atoms with Gasteiger partial charge in [0.1, 0.15) is 11.8 Å². The van der Waals surface area contributed by atoms with Crippen molar-refractivity contribution in [3.8, 4) is 5.75 Å². The minimum atomic E-state index is -4.17. The van der Waals surface area contributed by atoms with Crippen LogP contribution in [0.4, 0.5) is 0 Å². The zero-order valence-corrected chi connectivity index (χ0v) is 21.1.